The van der Waals surface area contributed by atoms with E-state index in [-0.39, 0.29) is 5.91 Å². The van der Waals surface area contributed by atoms with Crippen LogP contribution >= 0.6 is 0 Å². The number of amides is 1. The van der Waals surface area contributed by atoms with Crippen molar-refractivity contribution in [3.05, 3.63) is 0 Å². The molecule has 0 fully saturated rings. The summed E-state index contributed by atoms with van der Waals surface area (Å²) < 4.78 is 0. The van der Waals surface area contributed by atoms with Crippen LogP contribution in [-0.4, -0.2) is 12.5 Å². The average molecular weight is 340 g/mol. The Kier molecular flexibility index (Phi) is 18.4. The van der Waals surface area contributed by atoms with Crippen LogP contribution in [0.3, 0.4) is 0 Å². The van der Waals surface area contributed by atoms with E-state index in [2.05, 4.69) is 26.1 Å². The molecule has 24 heavy (non-hydrogen) atoms. The van der Waals surface area contributed by atoms with Crippen LogP contribution in [0.5, 0.6) is 0 Å². The minimum Gasteiger partial charge on any atom is -0.356 e. The van der Waals surface area contributed by atoms with Gasteiger partial charge in [0.1, 0.15) is 0 Å². The van der Waals surface area contributed by atoms with Crippen molar-refractivity contribution in [2.45, 2.75) is 124 Å². The number of hydrogen-bond acceptors (Lipinski definition) is 1. The largest absolute Gasteiger partial charge is 0.356 e. The van der Waals surface area contributed by atoms with Crippen LogP contribution in [-0.2, 0) is 4.79 Å². The predicted octanol–water partition coefficient (Wildman–Crippen LogP) is 7.02. The van der Waals surface area contributed by atoms with Crippen molar-refractivity contribution < 1.29 is 4.79 Å². The Balaban J connectivity index is 3.33. The molecule has 0 saturated carbocycles. The maximum atomic E-state index is 11.9. The van der Waals surface area contributed by atoms with Crippen molar-refractivity contribution in [3.63, 3.8) is 0 Å². The van der Waals surface area contributed by atoms with Gasteiger partial charge in [0.15, 0.2) is 0 Å². The Labute approximate surface area is 152 Å². The monoisotopic (exact) mass is 339 g/mol. The molecule has 0 aromatic heterocycles. The molecule has 0 saturated heterocycles. The molecule has 0 heterocycles. The van der Waals surface area contributed by atoms with Crippen LogP contribution < -0.4 is 5.32 Å². The fourth-order valence-electron chi connectivity index (χ4n) is 3.24. The molecule has 0 aliphatic rings. The molecule has 1 unspecified atom stereocenters. The van der Waals surface area contributed by atoms with E-state index in [0.717, 1.165) is 19.4 Å². The smallest absolute Gasteiger partial charge is 0.220 e. The highest BCUT2D eigenvalue weighted by Gasteiger charge is 2.08. The third kappa shape index (κ3) is 16.3. The molecule has 0 bridgehead atoms. The average Bonchev–Trinajstić information content (AvgIpc) is 2.59. The first kappa shape index (κ1) is 23.5. The molecule has 2 nitrogen and oxygen atoms in total. The molecular weight excluding hydrogens is 294 g/mol. The van der Waals surface area contributed by atoms with Gasteiger partial charge in [0.25, 0.3) is 0 Å². The van der Waals surface area contributed by atoms with Crippen LogP contribution in [0, 0.1) is 5.92 Å². The molecule has 0 spiro atoms. The van der Waals surface area contributed by atoms with Crippen LogP contribution in [0.4, 0.5) is 0 Å². The standard InChI is InChI=1S/C22H45NO/c1-4-7-9-10-11-12-13-14-15-16-17-19-22(24)23-20-21(6-3)18-8-5-2/h21H,4-20H2,1-3H3,(H,23,24). The quantitative estimate of drug-likeness (QED) is 0.267. The predicted molar refractivity (Wildman–Crippen MR) is 107 cm³/mol. The molecular formula is C22H45NO. The van der Waals surface area contributed by atoms with E-state index in [1.54, 1.807) is 0 Å². The normalized spacial score (nSPS) is 12.3. The zero-order valence-electron chi connectivity index (χ0n) is 17.0. The Morgan fingerprint density at radius 1 is 0.708 bits per heavy atom. The zero-order valence-corrected chi connectivity index (χ0v) is 17.0. The van der Waals surface area contributed by atoms with Crippen molar-refractivity contribution in [1.82, 2.24) is 5.32 Å². The van der Waals surface area contributed by atoms with E-state index < -0.39 is 0 Å². The van der Waals surface area contributed by atoms with Gasteiger partial charge in [0.05, 0.1) is 0 Å². The summed E-state index contributed by atoms with van der Waals surface area (Å²) in [7, 11) is 0. The van der Waals surface area contributed by atoms with E-state index >= 15 is 0 Å². The Bertz CT molecular complexity index is 265. The molecule has 1 N–H and O–H groups in total. The number of nitrogens with one attached hydrogen (secondary N) is 1. The highest BCUT2D eigenvalue weighted by molar-refractivity contribution is 5.75. The van der Waals surface area contributed by atoms with Gasteiger partial charge in [-0.3, -0.25) is 4.79 Å². The van der Waals surface area contributed by atoms with Crippen molar-refractivity contribution in [2.75, 3.05) is 6.54 Å². The summed E-state index contributed by atoms with van der Waals surface area (Å²) in [5.41, 5.74) is 0. The maximum Gasteiger partial charge on any atom is 0.220 e. The molecule has 144 valence electrons. The molecule has 0 rings (SSSR count). The van der Waals surface area contributed by atoms with E-state index in [1.807, 2.05) is 0 Å². The minimum atomic E-state index is 0.265. The number of carbonyl (C=O) groups excluding carboxylic acids is 1. The third-order valence-corrected chi connectivity index (χ3v) is 5.14. The number of rotatable bonds is 18. The molecule has 0 aliphatic heterocycles. The van der Waals surface area contributed by atoms with Gasteiger partial charge in [-0.2, -0.15) is 0 Å². The lowest BCUT2D eigenvalue weighted by Gasteiger charge is -2.15. The van der Waals surface area contributed by atoms with Crippen LogP contribution in [0.15, 0.2) is 0 Å². The Morgan fingerprint density at radius 3 is 1.71 bits per heavy atom. The fourth-order valence-corrected chi connectivity index (χ4v) is 3.24. The second-order valence-corrected chi connectivity index (χ2v) is 7.51. The van der Waals surface area contributed by atoms with Gasteiger partial charge in [-0.25, -0.2) is 0 Å². The van der Waals surface area contributed by atoms with Crippen molar-refractivity contribution in [2.24, 2.45) is 5.92 Å². The number of hydrogen-bond donors (Lipinski definition) is 1. The van der Waals surface area contributed by atoms with Gasteiger partial charge in [0.2, 0.25) is 5.91 Å². The van der Waals surface area contributed by atoms with E-state index in [9.17, 15) is 4.79 Å². The molecule has 2 heteroatoms. The molecule has 0 aromatic carbocycles. The second-order valence-electron chi connectivity index (χ2n) is 7.51. The first-order chi connectivity index (χ1) is 11.7. The van der Waals surface area contributed by atoms with Crippen molar-refractivity contribution in [1.29, 1.82) is 0 Å². The summed E-state index contributed by atoms with van der Waals surface area (Å²) >= 11 is 0. The fraction of sp³-hybridized carbons (Fsp3) is 0.955. The lowest BCUT2D eigenvalue weighted by molar-refractivity contribution is -0.121. The second kappa shape index (κ2) is 18.8. The van der Waals surface area contributed by atoms with Crippen LogP contribution in [0.25, 0.3) is 0 Å². The molecule has 1 amide bonds. The summed E-state index contributed by atoms with van der Waals surface area (Å²) in [6.45, 7) is 7.62. The molecule has 1 atom stereocenters. The van der Waals surface area contributed by atoms with Gasteiger partial charge in [-0.1, -0.05) is 104 Å². The Hall–Kier alpha value is -0.530. The summed E-state index contributed by atoms with van der Waals surface area (Å²) in [6.07, 6.45) is 20.4. The van der Waals surface area contributed by atoms with Crippen molar-refractivity contribution >= 4 is 5.91 Å². The van der Waals surface area contributed by atoms with E-state index in [4.69, 9.17) is 0 Å². The summed E-state index contributed by atoms with van der Waals surface area (Å²) in [6, 6.07) is 0. The van der Waals surface area contributed by atoms with Gasteiger partial charge in [0, 0.05) is 13.0 Å². The van der Waals surface area contributed by atoms with E-state index in [1.165, 1.54) is 89.9 Å². The van der Waals surface area contributed by atoms with E-state index in [0.29, 0.717) is 5.92 Å². The number of unbranched alkanes of at least 4 members (excludes halogenated alkanes) is 11. The topological polar surface area (TPSA) is 29.1 Å². The first-order valence-electron chi connectivity index (χ1n) is 11.0. The highest BCUT2D eigenvalue weighted by atomic mass is 16.1. The van der Waals surface area contributed by atoms with Crippen LogP contribution in [0.2, 0.25) is 0 Å². The molecule has 0 aliphatic carbocycles. The highest BCUT2D eigenvalue weighted by Crippen LogP contribution is 2.13. The van der Waals surface area contributed by atoms with Crippen LogP contribution in [0.1, 0.15) is 124 Å². The van der Waals surface area contributed by atoms with Gasteiger partial charge in [-0.05, 0) is 18.8 Å². The lowest BCUT2D eigenvalue weighted by atomic mass is 9.99. The third-order valence-electron chi connectivity index (χ3n) is 5.14. The number of carbonyl (C=O) groups is 1. The lowest BCUT2D eigenvalue weighted by Crippen LogP contribution is -2.28. The van der Waals surface area contributed by atoms with Gasteiger partial charge < -0.3 is 5.32 Å². The summed E-state index contributed by atoms with van der Waals surface area (Å²) in [5, 5.41) is 3.14. The van der Waals surface area contributed by atoms with Crippen molar-refractivity contribution in [3.8, 4) is 0 Å². The van der Waals surface area contributed by atoms with Gasteiger partial charge >= 0.3 is 0 Å². The van der Waals surface area contributed by atoms with Gasteiger partial charge in [-0.15, -0.1) is 0 Å². The summed E-state index contributed by atoms with van der Waals surface area (Å²) in [4.78, 5) is 11.9. The molecule has 0 radical (unpaired) electrons. The molecule has 0 aromatic rings. The maximum absolute atomic E-state index is 11.9. The zero-order chi connectivity index (χ0) is 17.9. The SMILES string of the molecule is CCCCCCCCCCCCCC(=O)NCC(CC)CCCC. The first-order valence-corrected chi connectivity index (χ1v) is 11.0. The minimum absolute atomic E-state index is 0.265. The Morgan fingerprint density at radius 2 is 1.21 bits per heavy atom. The summed E-state index contributed by atoms with van der Waals surface area (Å²) in [5.74, 6) is 0.937.